The fraction of sp³-hybridized carbons (Fsp3) is 0. The summed E-state index contributed by atoms with van der Waals surface area (Å²) in [6.45, 7) is 0. The first-order valence-corrected chi connectivity index (χ1v) is 17.7. The molecule has 0 saturated carbocycles. The lowest BCUT2D eigenvalue weighted by molar-refractivity contribution is 0.670. The van der Waals surface area contributed by atoms with Gasteiger partial charge >= 0.3 is 0 Å². The van der Waals surface area contributed by atoms with Gasteiger partial charge in [-0.25, -0.2) is 0 Å². The summed E-state index contributed by atoms with van der Waals surface area (Å²) in [6, 6.07) is 62.6. The van der Waals surface area contributed by atoms with E-state index < -0.39 is 0 Å². The predicted molar refractivity (Wildman–Crippen MR) is 218 cm³/mol. The molecule has 0 amide bonds. The predicted octanol–water partition coefficient (Wildman–Crippen LogP) is 14.4. The summed E-state index contributed by atoms with van der Waals surface area (Å²) < 4.78 is 7.06. The normalized spacial score (nSPS) is 12.3. The fourth-order valence-corrected chi connectivity index (χ4v) is 9.07. The maximum absolute atomic E-state index is 7.06. The van der Waals surface area contributed by atoms with Crippen molar-refractivity contribution in [2.45, 2.75) is 0 Å². The lowest BCUT2D eigenvalue weighted by atomic mass is 9.86. The van der Waals surface area contributed by atoms with Crippen LogP contribution in [0.4, 0.5) is 0 Å². The van der Waals surface area contributed by atoms with Gasteiger partial charge in [0.15, 0.2) is 0 Å². The number of furan rings is 1. The van der Waals surface area contributed by atoms with Crippen molar-refractivity contribution in [2.75, 3.05) is 0 Å². The van der Waals surface area contributed by atoms with Crippen molar-refractivity contribution in [1.82, 2.24) is 0 Å². The first-order valence-electron chi connectivity index (χ1n) is 17.7. The minimum absolute atomic E-state index is 0.909. The van der Waals surface area contributed by atoms with E-state index >= 15 is 0 Å². The fourth-order valence-electron chi connectivity index (χ4n) is 9.07. The van der Waals surface area contributed by atoms with Crippen LogP contribution in [0.25, 0.3) is 120 Å². The minimum atomic E-state index is 0.909. The third-order valence-electron chi connectivity index (χ3n) is 11.3. The molecule has 0 N–H and O–H groups in total. The van der Waals surface area contributed by atoms with Gasteiger partial charge in [0.1, 0.15) is 11.2 Å². The molecule has 12 aromatic rings. The number of benzene rings is 11. The Hall–Kier alpha value is -6.70. The van der Waals surface area contributed by atoms with Gasteiger partial charge in [0.05, 0.1) is 0 Å². The van der Waals surface area contributed by atoms with Gasteiger partial charge in [-0.2, -0.15) is 0 Å². The van der Waals surface area contributed by atoms with E-state index in [9.17, 15) is 0 Å². The molecule has 0 aliphatic rings. The van der Waals surface area contributed by atoms with Gasteiger partial charge in [-0.1, -0.05) is 146 Å². The second-order valence-electron chi connectivity index (χ2n) is 14.0. The molecule has 51 heavy (non-hydrogen) atoms. The lowest BCUT2D eigenvalue weighted by Crippen LogP contribution is -1.90. The molecular weight excluding hydrogens is 617 g/mol. The second-order valence-corrected chi connectivity index (χ2v) is 14.0. The third-order valence-corrected chi connectivity index (χ3v) is 11.3. The summed E-state index contributed by atoms with van der Waals surface area (Å²) in [5.41, 5.74) is 6.54. The van der Waals surface area contributed by atoms with Crippen molar-refractivity contribution < 1.29 is 4.42 Å². The van der Waals surface area contributed by atoms with Crippen LogP contribution in [0.1, 0.15) is 0 Å². The Bertz CT molecular complexity index is 3400. The first-order chi connectivity index (χ1) is 25.3. The Morgan fingerprint density at radius 3 is 1.69 bits per heavy atom. The quantitative estimate of drug-likeness (QED) is 0.171. The standard InChI is InChI=1S/C50H28O/c1-2-10-34-28-45-44(26-33(34)9-1)49-41(43-27-35-19-16-29-8-3-4-13-36(29)47(35)39-15-6-5-14-37(39)43)24-25-42(50(49)51-45)38-22-20-32-18-17-30-11-7-12-31-21-23-40(38)48(32)46(30)31/h1-28H. The van der Waals surface area contributed by atoms with E-state index in [0.29, 0.717) is 0 Å². The molecular formula is C50H28O. The van der Waals surface area contributed by atoms with Gasteiger partial charge in [0, 0.05) is 16.3 Å². The topological polar surface area (TPSA) is 13.1 Å². The van der Waals surface area contributed by atoms with E-state index in [1.54, 1.807) is 0 Å². The van der Waals surface area contributed by atoms with Gasteiger partial charge in [-0.05, 0) is 116 Å². The van der Waals surface area contributed by atoms with Gasteiger partial charge in [-0.3, -0.25) is 0 Å². The summed E-state index contributed by atoms with van der Waals surface area (Å²) >= 11 is 0. The zero-order valence-corrected chi connectivity index (χ0v) is 27.6. The van der Waals surface area contributed by atoms with E-state index in [-0.39, 0.29) is 0 Å². The molecule has 0 spiro atoms. The maximum Gasteiger partial charge on any atom is 0.143 e. The first kappa shape index (κ1) is 27.2. The molecule has 1 nitrogen and oxygen atoms in total. The molecule has 11 aromatic carbocycles. The van der Waals surface area contributed by atoms with Gasteiger partial charge < -0.3 is 4.42 Å². The van der Waals surface area contributed by atoms with Crippen LogP contribution in [-0.2, 0) is 0 Å². The van der Waals surface area contributed by atoms with Gasteiger partial charge in [-0.15, -0.1) is 0 Å². The van der Waals surface area contributed by atoms with Crippen LogP contribution in [0, 0.1) is 0 Å². The molecule has 1 aromatic heterocycles. The number of fused-ring (bicyclic) bond motifs is 9. The van der Waals surface area contributed by atoms with Crippen LogP contribution in [0.2, 0.25) is 0 Å². The number of hydrogen-bond donors (Lipinski definition) is 0. The van der Waals surface area contributed by atoms with Crippen molar-refractivity contribution in [3.63, 3.8) is 0 Å². The zero-order chi connectivity index (χ0) is 33.2. The van der Waals surface area contributed by atoms with Crippen molar-refractivity contribution in [3.8, 4) is 22.3 Å². The van der Waals surface area contributed by atoms with Crippen molar-refractivity contribution in [3.05, 3.63) is 170 Å². The largest absolute Gasteiger partial charge is 0.455 e. The summed E-state index contributed by atoms with van der Waals surface area (Å²) in [6.07, 6.45) is 0. The van der Waals surface area contributed by atoms with Crippen LogP contribution >= 0.6 is 0 Å². The summed E-state index contributed by atoms with van der Waals surface area (Å²) in [5.74, 6) is 0. The molecule has 234 valence electrons. The van der Waals surface area contributed by atoms with Crippen LogP contribution in [0.5, 0.6) is 0 Å². The van der Waals surface area contributed by atoms with Crippen molar-refractivity contribution in [1.29, 1.82) is 0 Å². The molecule has 0 aliphatic heterocycles. The molecule has 0 unspecified atom stereocenters. The monoisotopic (exact) mass is 644 g/mol. The third kappa shape index (κ3) is 3.70. The number of rotatable bonds is 2. The molecule has 0 aliphatic carbocycles. The highest BCUT2D eigenvalue weighted by atomic mass is 16.3. The Balaban J connectivity index is 1.23. The van der Waals surface area contributed by atoms with Crippen LogP contribution in [0.3, 0.4) is 0 Å². The summed E-state index contributed by atoms with van der Waals surface area (Å²) in [5, 5.41) is 20.0. The molecule has 12 rings (SSSR count). The Morgan fingerprint density at radius 1 is 0.255 bits per heavy atom. The molecule has 1 heteroatoms. The summed E-state index contributed by atoms with van der Waals surface area (Å²) in [7, 11) is 0. The van der Waals surface area contributed by atoms with E-state index in [1.165, 1.54) is 92.1 Å². The number of hydrogen-bond acceptors (Lipinski definition) is 1. The van der Waals surface area contributed by atoms with Crippen LogP contribution < -0.4 is 0 Å². The highest BCUT2D eigenvalue weighted by molar-refractivity contribution is 6.29. The van der Waals surface area contributed by atoms with Crippen LogP contribution in [-0.4, -0.2) is 0 Å². The molecule has 0 fully saturated rings. The Labute approximate surface area is 292 Å². The molecule has 0 atom stereocenters. The van der Waals surface area contributed by atoms with Gasteiger partial charge in [0.2, 0.25) is 0 Å². The van der Waals surface area contributed by atoms with Crippen LogP contribution in [0.15, 0.2) is 174 Å². The van der Waals surface area contributed by atoms with E-state index in [4.69, 9.17) is 4.42 Å². The minimum Gasteiger partial charge on any atom is -0.455 e. The Kier molecular flexibility index (Phi) is 5.29. The molecule has 0 bridgehead atoms. The Morgan fingerprint density at radius 2 is 0.843 bits per heavy atom. The maximum atomic E-state index is 7.06. The van der Waals surface area contributed by atoms with E-state index in [1.807, 2.05) is 0 Å². The summed E-state index contributed by atoms with van der Waals surface area (Å²) in [4.78, 5) is 0. The average Bonchev–Trinajstić information content (AvgIpc) is 3.56. The SMILES string of the molecule is c1ccc2cc3c(cc2c1)oc1c(-c2ccc4ccc5cccc6ccc2c4c56)ccc(-c2cc4ccc5ccccc5c4c4ccccc24)c13. The van der Waals surface area contributed by atoms with Crippen molar-refractivity contribution in [2.24, 2.45) is 0 Å². The van der Waals surface area contributed by atoms with Crippen molar-refractivity contribution >= 4 is 97.3 Å². The highest BCUT2D eigenvalue weighted by Crippen LogP contribution is 2.48. The highest BCUT2D eigenvalue weighted by Gasteiger charge is 2.22. The smallest absolute Gasteiger partial charge is 0.143 e. The van der Waals surface area contributed by atoms with E-state index in [0.717, 1.165) is 27.5 Å². The van der Waals surface area contributed by atoms with E-state index in [2.05, 4.69) is 170 Å². The second kappa shape index (κ2) is 9.94. The molecule has 0 saturated heterocycles. The molecule has 0 radical (unpaired) electrons. The molecule has 1 heterocycles. The zero-order valence-electron chi connectivity index (χ0n) is 27.6. The lowest BCUT2D eigenvalue weighted by Gasteiger charge is -2.16. The van der Waals surface area contributed by atoms with Gasteiger partial charge in [0.25, 0.3) is 0 Å². The average molecular weight is 645 g/mol.